The third kappa shape index (κ3) is 2.70. The molecule has 0 radical (unpaired) electrons. The number of piperazine rings is 1. The van der Waals surface area contributed by atoms with E-state index in [1.807, 2.05) is 4.90 Å². The van der Waals surface area contributed by atoms with E-state index < -0.39 is 12.7 Å². The van der Waals surface area contributed by atoms with Gasteiger partial charge in [0.05, 0.1) is 11.1 Å². The van der Waals surface area contributed by atoms with Crippen molar-refractivity contribution in [1.82, 2.24) is 10.2 Å². The Hall–Kier alpha value is -0.840. The summed E-state index contributed by atoms with van der Waals surface area (Å²) in [5, 5.41) is 13.4. The Balaban J connectivity index is 2.24. The van der Waals surface area contributed by atoms with Gasteiger partial charge < -0.3 is 10.4 Å². The van der Waals surface area contributed by atoms with Gasteiger partial charge in [0.25, 0.3) is 0 Å². The van der Waals surface area contributed by atoms with Crippen LogP contribution in [0.2, 0.25) is 5.02 Å². The summed E-state index contributed by atoms with van der Waals surface area (Å²) in [4.78, 5) is 2.03. The van der Waals surface area contributed by atoms with Gasteiger partial charge in [0.1, 0.15) is 12.4 Å². The minimum Gasteiger partial charge on any atom is -0.506 e. The Labute approximate surface area is 105 Å². The van der Waals surface area contributed by atoms with Crippen molar-refractivity contribution in [3.05, 3.63) is 28.8 Å². The number of phenols is 1. The molecule has 0 aromatic heterocycles. The average Bonchev–Trinajstić information content (AvgIpc) is 2.37. The molecule has 0 saturated carbocycles. The summed E-state index contributed by atoms with van der Waals surface area (Å²) in [6.07, 6.45) is 0. The van der Waals surface area contributed by atoms with Crippen molar-refractivity contribution in [1.29, 1.82) is 0 Å². The van der Waals surface area contributed by atoms with Crippen LogP contribution in [0.15, 0.2) is 18.2 Å². The number of alkyl halides is 1. The van der Waals surface area contributed by atoms with Crippen molar-refractivity contribution >= 4 is 11.6 Å². The molecule has 0 spiro atoms. The lowest BCUT2D eigenvalue weighted by Crippen LogP contribution is -2.45. The van der Waals surface area contributed by atoms with E-state index in [0.29, 0.717) is 5.56 Å². The van der Waals surface area contributed by atoms with E-state index >= 15 is 0 Å². The number of halogens is 2. The quantitative estimate of drug-likeness (QED) is 0.870. The highest BCUT2D eigenvalue weighted by atomic mass is 35.5. The Kier molecular flexibility index (Phi) is 4.20. The van der Waals surface area contributed by atoms with Crippen molar-refractivity contribution in [2.24, 2.45) is 0 Å². The summed E-state index contributed by atoms with van der Waals surface area (Å²) < 4.78 is 13.2. The summed E-state index contributed by atoms with van der Waals surface area (Å²) in [7, 11) is 0. The topological polar surface area (TPSA) is 35.5 Å². The molecule has 2 N–H and O–H groups in total. The van der Waals surface area contributed by atoms with Crippen molar-refractivity contribution in [3.8, 4) is 5.75 Å². The number of hydrogen-bond acceptors (Lipinski definition) is 3. The van der Waals surface area contributed by atoms with Crippen molar-refractivity contribution in [2.45, 2.75) is 6.04 Å². The second kappa shape index (κ2) is 5.67. The van der Waals surface area contributed by atoms with Gasteiger partial charge in [0.15, 0.2) is 0 Å². The van der Waals surface area contributed by atoms with Gasteiger partial charge in [-0.2, -0.15) is 0 Å². The molecule has 1 heterocycles. The Bertz CT molecular complexity index is 383. The molecule has 1 saturated heterocycles. The molecular weight excluding hydrogens is 243 g/mol. The van der Waals surface area contributed by atoms with Crippen LogP contribution >= 0.6 is 11.6 Å². The standard InChI is InChI=1S/C12H16ClFN2O/c13-10-3-1-2-9(12(10)17)11(8-14)16-6-4-15-5-7-16/h1-3,11,15,17H,4-8H2/t11-/m1/s1. The predicted molar refractivity (Wildman–Crippen MR) is 66.3 cm³/mol. The molecule has 1 aliphatic heterocycles. The number of para-hydroxylation sites is 1. The molecule has 3 nitrogen and oxygen atoms in total. The Morgan fingerprint density at radius 1 is 1.41 bits per heavy atom. The van der Waals surface area contributed by atoms with Crippen LogP contribution in [0.1, 0.15) is 11.6 Å². The molecule has 0 unspecified atom stereocenters. The van der Waals surface area contributed by atoms with Crippen LogP contribution in [0.5, 0.6) is 5.75 Å². The summed E-state index contributed by atoms with van der Waals surface area (Å²) in [5.74, 6) is -0.00431. The fourth-order valence-electron chi connectivity index (χ4n) is 2.17. The van der Waals surface area contributed by atoms with Crippen molar-refractivity contribution in [2.75, 3.05) is 32.9 Å². The molecule has 1 aliphatic rings. The summed E-state index contributed by atoms with van der Waals surface area (Å²) in [5.41, 5.74) is 0.571. The summed E-state index contributed by atoms with van der Waals surface area (Å²) >= 11 is 5.85. The van der Waals surface area contributed by atoms with E-state index in [0.717, 1.165) is 26.2 Å². The van der Waals surface area contributed by atoms with E-state index in [9.17, 15) is 9.50 Å². The zero-order valence-corrected chi connectivity index (χ0v) is 10.3. The fraction of sp³-hybridized carbons (Fsp3) is 0.500. The van der Waals surface area contributed by atoms with Gasteiger partial charge in [-0.15, -0.1) is 0 Å². The first-order chi connectivity index (χ1) is 8.24. The normalized spacial score (nSPS) is 19.2. The molecular formula is C12H16ClFN2O. The van der Waals surface area contributed by atoms with Gasteiger partial charge in [-0.05, 0) is 6.07 Å². The minimum atomic E-state index is -0.520. The summed E-state index contributed by atoms with van der Waals surface area (Å²) in [6.45, 7) is 2.73. The fourth-order valence-corrected chi connectivity index (χ4v) is 2.35. The first kappa shape index (κ1) is 12.6. The molecule has 1 atom stereocenters. The molecule has 17 heavy (non-hydrogen) atoms. The van der Waals surface area contributed by atoms with Crippen molar-refractivity contribution < 1.29 is 9.50 Å². The van der Waals surface area contributed by atoms with Crippen LogP contribution in [-0.4, -0.2) is 42.9 Å². The maximum atomic E-state index is 13.2. The number of hydrogen-bond donors (Lipinski definition) is 2. The Morgan fingerprint density at radius 2 is 2.12 bits per heavy atom. The highest BCUT2D eigenvalue weighted by molar-refractivity contribution is 6.32. The van der Waals surface area contributed by atoms with Crippen LogP contribution in [0.4, 0.5) is 4.39 Å². The van der Waals surface area contributed by atoms with Gasteiger partial charge in [-0.1, -0.05) is 23.7 Å². The highest BCUT2D eigenvalue weighted by Gasteiger charge is 2.24. The second-order valence-corrected chi connectivity index (χ2v) is 4.54. The molecule has 0 aliphatic carbocycles. The number of benzene rings is 1. The van der Waals surface area contributed by atoms with Gasteiger partial charge in [0.2, 0.25) is 0 Å². The van der Waals surface area contributed by atoms with E-state index in [4.69, 9.17) is 11.6 Å². The van der Waals surface area contributed by atoms with Crippen molar-refractivity contribution in [3.63, 3.8) is 0 Å². The highest BCUT2D eigenvalue weighted by Crippen LogP contribution is 2.34. The average molecular weight is 259 g/mol. The molecule has 1 aromatic rings. The van der Waals surface area contributed by atoms with E-state index in [1.54, 1.807) is 18.2 Å². The molecule has 5 heteroatoms. The SMILES string of the molecule is Oc1c(Cl)cccc1[C@@H](CF)N1CCNCC1. The lowest BCUT2D eigenvalue weighted by Gasteiger charge is -2.33. The Morgan fingerprint density at radius 3 is 2.76 bits per heavy atom. The molecule has 1 aromatic carbocycles. The van der Waals surface area contributed by atoms with Crippen LogP contribution in [0.3, 0.4) is 0 Å². The largest absolute Gasteiger partial charge is 0.506 e. The zero-order valence-electron chi connectivity index (χ0n) is 9.50. The van der Waals surface area contributed by atoms with Crippen LogP contribution < -0.4 is 5.32 Å². The summed E-state index contributed by atoms with van der Waals surface area (Å²) in [6, 6.07) is 4.67. The third-order valence-electron chi connectivity index (χ3n) is 3.12. The predicted octanol–water partition coefficient (Wildman–Crippen LogP) is 1.96. The second-order valence-electron chi connectivity index (χ2n) is 4.13. The lowest BCUT2D eigenvalue weighted by atomic mass is 10.0. The minimum absolute atomic E-state index is 0.00431. The lowest BCUT2D eigenvalue weighted by molar-refractivity contribution is 0.145. The monoisotopic (exact) mass is 258 g/mol. The van der Waals surface area contributed by atoms with E-state index in [2.05, 4.69) is 5.32 Å². The van der Waals surface area contributed by atoms with Crippen LogP contribution in [0, 0.1) is 0 Å². The van der Waals surface area contributed by atoms with Gasteiger partial charge >= 0.3 is 0 Å². The van der Waals surface area contributed by atoms with Crippen LogP contribution in [-0.2, 0) is 0 Å². The maximum absolute atomic E-state index is 13.2. The van der Waals surface area contributed by atoms with Gasteiger partial charge in [0, 0.05) is 31.7 Å². The number of phenolic OH excluding ortho intramolecular Hbond substituents is 1. The first-order valence-electron chi connectivity index (χ1n) is 5.72. The van der Waals surface area contributed by atoms with E-state index in [-0.39, 0.29) is 10.8 Å². The van der Waals surface area contributed by atoms with E-state index in [1.165, 1.54) is 0 Å². The number of rotatable bonds is 3. The number of nitrogens with zero attached hydrogens (tertiary/aromatic N) is 1. The number of aromatic hydroxyl groups is 1. The molecule has 1 fully saturated rings. The smallest absolute Gasteiger partial charge is 0.139 e. The molecule has 2 rings (SSSR count). The third-order valence-corrected chi connectivity index (χ3v) is 3.42. The molecule has 94 valence electrons. The number of nitrogens with one attached hydrogen (secondary N) is 1. The molecule has 0 bridgehead atoms. The van der Waals surface area contributed by atoms with Gasteiger partial charge in [-0.25, -0.2) is 4.39 Å². The molecule has 0 amide bonds. The maximum Gasteiger partial charge on any atom is 0.139 e. The van der Waals surface area contributed by atoms with Crippen LogP contribution in [0.25, 0.3) is 0 Å². The zero-order chi connectivity index (χ0) is 12.3. The first-order valence-corrected chi connectivity index (χ1v) is 6.10. The van der Waals surface area contributed by atoms with Gasteiger partial charge in [-0.3, -0.25) is 4.90 Å².